The fourth-order valence-electron chi connectivity index (χ4n) is 4.52. The highest BCUT2D eigenvalue weighted by molar-refractivity contribution is 5.96. The van der Waals surface area contributed by atoms with E-state index < -0.39 is 17.8 Å². The monoisotopic (exact) mass is 297 g/mol. The highest BCUT2D eigenvalue weighted by Gasteiger charge is 2.62. The zero-order valence-electron chi connectivity index (χ0n) is 12.4. The number of nitrogens with one attached hydrogen (secondary N) is 1. The molecule has 0 aliphatic heterocycles. The molecule has 6 atom stereocenters. The highest BCUT2D eigenvalue weighted by atomic mass is 16.4. The Morgan fingerprint density at radius 3 is 2.45 bits per heavy atom. The van der Waals surface area contributed by atoms with Crippen molar-refractivity contribution < 1.29 is 14.7 Å². The summed E-state index contributed by atoms with van der Waals surface area (Å²) in [6.45, 7) is 1.97. The number of rotatable bonds is 3. The van der Waals surface area contributed by atoms with Crippen molar-refractivity contribution in [2.24, 2.45) is 35.5 Å². The lowest BCUT2D eigenvalue weighted by Crippen LogP contribution is -2.48. The minimum atomic E-state index is -0.839. The largest absolute Gasteiger partial charge is 0.481 e. The van der Waals surface area contributed by atoms with E-state index in [1.165, 1.54) is 0 Å². The first-order valence-corrected chi connectivity index (χ1v) is 7.85. The van der Waals surface area contributed by atoms with Crippen molar-refractivity contribution in [2.75, 3.05) is 5.32 Å². The molecule has 4 aliphatic carbocycles. The van der Waals surface area contributed by atoms with Crippen molar-refractivity contribution in [3.05, 3.63) is 42.0 Å². The summed E-state index contributed by atoms with van der Waals surface area (Å²) in [5.41, 5.74) is 1.81. The van der Waals surface area contributed by atoms with Crippen molar-refractivity contribution in [3.63, 3.8) is 0 Å². The third-order valence-electron chi connectivity index (χ3n) is 5.53. The summed E-state index contributed by atoms with van der Waals surface area (Å²) in [7, 11) is 0. The minimum absolute atomic E-state index is 0.0285. The van der Waals surface area contributed by atoms with Crippen LogP contribution in [0.1, 0.15) is 12.0 Å². The van der Waals surface area contributed by atoms with Crippen molar-refractivity contribution in [2.45, 2.75) is 13.3 Å². The number of aliphatic carboxylic acids is 1. The van der Waals surface area contributed by atoms with Gasteiger partial charge < -0.3 is 10.4 Å². The average molecular weight is 297 g/mol. The first kappa shape index (κ1) is 13.6. The Kier molecular flexibility index (Phi) is 2.90. The van der Waals surface area contributed by atoms with Crippen LogP contribution >= 0.6 is 0 Å². The van der Waals surface area contributed by atoms with Crippen LogP contribution in [0, 0.1) is 42.4 Å². The summed E-state index contributed by atoms with van der Waals surface area (Å²) in [5.74, 6) is -0.906. The van der Waals surface area contributed by atoms with E-state index in [0.717, 1.165) is 17.7 Å². The number of hydrogen-bond acceptors (Lipinski definition) is 2. The molecule has 1 aromatic carbocycles. The van der Waals surface area contributed by atoms with Gasteiger partial charge in [0.15, 0.2) is 0 Å². The molecular formula is C18H19NO3. The number of fused-ring (bicyclic) bond motifs is 1. The van der Waals surface area contributed by atoms with E-state index in [1.807, 2.05) is 37.3 Å². The molecule has 0 aromatic heterocycles. The normalized spacial score (nSPS) is 37.5. The molecule has 2 fully saturated rings. The quantitative estimate of drug-likeness (QED) is 0.843. The number of allylic oxidation sites excluding steroid dienone is 2. The van der Waals surface area contributed by atoms with Gasteiger partial charge >= 0.3 is 5.97 Å². The molecule has 4 aliphatic rings. The molecule has 22 heavy (non-hydrogen) atoms. The average Bonchev–Trinajstić information content (AvgIpc) is 3.28. The van der Waals surface area contributed by atoms with Crippen LogP contribution in [0.2, 0.25) is 0 Å². The summed E-state index contributed by atoms with van der Waals surface area (Å²) >= 11 is 0. The van der Waals surface area contributed by atoms with E-state index in [1.54, 1.807) is 0 Å². The molecule has 0 radical (unpaired) electrons. The van der Waals surface area contributed by atoms with Crippen molar-refractivity contribution in [1.29, 1.82) is 0 Å². The molecule has 0 unspecified atom stereocenters. The molecule has 4 heteroatoms. The number of amides is 1. The molecule has 114 valence electrons. The third kappa shape index (κ3) is 1.97. The smallest absolute Gasteiger partial charge is 0.307 e. The highest BCUT2D eigenvalue weighted by Crippen LogP contribution is 2.63. The Morgan fingerprint density at radius 2 is 1.82 bits per heavy atom. The minimum Gasteiger partial charge on any atom is -0.481 e. The van der Waals surface area contributed by atoms with E-state index in [-0.39, 0.29) is 17.7 Å². The van der Waals surface area contributed by atoms with Gasteiger partial charge in [0.1, 0.15) is 0 Å². The van der Waals surface area contributed by atoms with Gasteiger partial charge in [-0.05, 0) is 54.7 Å². The van der Waals surface area contributed by atoms with E-state index >= 15 is 0 Å². The number of benzene rings is 1. The number of aryl methyl sites for hydroxylation is 1. The van der Waals surface area contributed by atoms with Gasteiger partial charge in [-0.15, -0.1) is 0 Å². The van der Waals surface area contributed by atoms with Crippen LogP contribution in [-0.4, -0.2) is 17.0 Å². The van der Waals surface area contributed by atoms with Crippen LogP contribution < -0.4 is 5.32 Å². The van der Waals surface area contributed by atoms with E-state index in [0.29, 0.717) is 11.8 Å². The maximum atomic E-state index is 12.7. The first-order chi connectivity index (χ1) is 10.6. The number of hydrogen-bond donors (Lipinski definition) is 2. The third-order valence-corrected chi connectivity index (χ3v) is 5.53. The molecule has 1 amide bonds. The Balaban J connectivity index is 1.61. The molecule has 2 N–H and O–H groups in total. The fraction of sp³-hybridized carbons (Fsp3) is 0.444. The van der Waals surface area contributed by atoms with Crippen LogP contribution in [0.4, 0.5) is 5.69 Å². The second kappa shape index (κ2) is 4.70. The molecule has 0 heterocycles. The maximum absolute atomic E-state index is 12.7. The molecule has 4 nitrogen and oxygen atoms in total. The predicted molar refractivity (Wildman–Crippen MR) is 82.1 cm³/mol. The van der Waals surface area contributed by atoms with Gasteiger partial charge in [0, 0.05) is 5.69 Å². The summed E-state index contributed by atoms with van der Waals surface area (Å²) in [5, 5.41) is 12.5. The lowest BCUT2D eigenvalue weighted by Gasteiger charge is -2.41. The van der Waals surface area contributed by atoms with Crippen molar-refractivity contribution >= 4 is 17.6 Å². The summed E-state index contributed by atoms with van der Waals surface area (Å²) in [4.78, 5) is 24.5. The Labute approximate surface area is 129 Å². The number of carbonyl (C=O) groups excluding carboxylic acids is 1. The van der Waals surface area contributed by atoms with Gasteiger partial charge in [-0.2, -0.15) is 0 Å². The summed E-state index contributed by atoms with van der Waals surface area (Å²) in [6, 6.07) is 7.61. The number of carbonyl (C=O) groups is 2. The van der Waals surface area contributed by atoms with E-state index in [4.69, 9.17) is 0 Å². The van der Waals surface area contributed by atoms with Crippen LogP contribution in [0.15, 0.2) is 36.4 Å². The Bertz CT molecular complexity index is 681. The van der Waals surface area contributed by atoms with Crippen LogP contribution in [-0.2, 0) is 9.59 Å². The Hall–Kier alpha value is -2.10. The SMILES string of the molecule is Cc1cccc(NC(=O)[C@@H]2[C@H]3C=C[C@@H]([C@@H]4C[C@@H]34)[C@@H]2C(=O)O)c1. The molecule has 0 spiro atoms. The second-order valence-corrected chi connectivity index (χ2v) is 6.85. The molecule has 5 rings (SSSR count). The van der Waals surface area contributed by atoms with Gasteiger partial charge in [0.25, 0.3) is 0 Å². The zero-order chi connectivity index (χ0) is 15.4. The molecular weight excluding hydrogens is 278 g/mol. The van der Waals surface area contributed by atoms with Crippen molar-refractivity contribution in [1.82, 2.24) is 0 Å². The number of carboxylic acids is 1. The van der Waals surface area contributed by atoms with Crippen molar-refractivity contribution in [3.8, 4) is 0 Å². The fourth-order valence-corrected chi connectivity index (χ4v) is 4.52. The van der Waals surface area contributed by atoms with Gasteiger partial charge in [0.2, 0.25) is 5.91 Å². The summed E-state index contributed by atoms with van der Waals surface area (Å²) < 4.78 is 0. The van der Waals surface area contributed by atoms with Gasteiger partial charge in [-0.25, -0.2) is 0 Å². The van der Waals surface area contributed by atoms with Crippen LogP contribution in [0.3, 0.4) is 0 Å². The lowest BCUT2D eigenvalue weighted by atomic mass is 9.62. The van der Waals surface area contributed by atoms with Crippen LogP contribution in [0.5, 0.6) is 0 Å². The topological polar surface area (TPSA) is 66.4 Å². The zero-order valence-corrected chi connectivity index (χ0v) is 12.4. The van der Waals surface area contributed by atoms with Gasteiger partial charge in [-0.1, -0.05) is 24.3 Å². The molecule has 2 saturated carbocycles. The second-order valence-electron chi connectivity index (χ2n) is 6.85. The van der Waals surface area contributed by atoms with E-state index in [9.17, 15) is 14.7 Å². The number of carboxylic acid groups (broad SMARTS) is 1. The first-order valence-electron chi connectivity index (χ1n) is 7.85. The van der Waals surface area contributed by atoms with E-state index in [2.05, 4.69) is 11.4 Å². The standard InChI is InChI=1S/C18H19NO3/c1-9-3-2-4-10(7-9)19-17(20)15-11-5-6-12(14-8-13(11)14)16(15)18(21)22/h2-7,11-16H,8H2,1H3,(H,19,20)(H,21,22)/t11-,12-,13-,14-,15+,16-/m0/s1. The molecule has 0 saturated heterocycles. The maximum Gasteiger partial charge on any atom is 0.307 e. The Morgan fingerprint density at radius 1 is 1.14 bits per heavy atom. The predicted octanol–water partition coefficient (Wildman–Crippen LogP) is 2.70. The summed E-state index contributed by atoms with van der Waals surface area (Å²) in [6.07, 6.45) is 5.19. The van der Waals surface area contributed by atoms with Gasteiger partial charge in [-0.3, -0.25) is 9.59 Å². The molecule has 2 bridgehead atoms. The number of anilines is 1. The van der Waals surface area contributed by atoms with Crippen LogP contribution in [0.25, 0.3) is 0 Å². The van der Waals surface area contributed by atoms with Gasteiger partial charge in [0.05, 0.1) is 11.8 Å². The molecule has 1 aromatic rings. The lowest BCUT2D eigenvalue weighted by molar-refractivity contribution is -0.152.